The van der Waals surface area contributed by atoms with Crippen LogP contribution in [-0.2, 0) is 11.4 Å². The third kappa shape index (κ3) is 4.47. The van der Waals surface area contributed by atoms with Gasteiger partial charge in [-0.1, -0.05) is 18.2 Å². The van der Waals surface area contributed by atoms with Gasteiger partial charge in [0.1, 0.15) is 16.4 Å². The normalized spacial score (nSPS) is 14.3. The van der Waals surface area contributed by atoms with Gasteiger partial charge in [0.05, 0.1) is 11.7 Å². The number of benzene rings is 1. The lowest BCUT2D eigenvalue weighted by Crippen LogP contribution is -2.40. The van der Waals surface area contributed by atoms with Crippen molar-refractivity contribution in [3.63, 3.8) is 0 Å². The van der Waals surface area contributed by atoms with Crippen molar-refractivity contribution in [1.29, 1.82) is 0 Å². The molecular formula is C18H24FN3OS. The van der Waals surface area contributed by atoms with Gasteiger partial charge in [-0.05, 0) is 51.5 Å². The Morgan fingerprint density at radius 3 is 2.42 bits per heavy atom. The zero-order chi connectivity index (χ0) is 17.9. The fourth-order valence-corrected chi connectivity index (χ4v) is 2.92. The zero-order valence-electron chi connectivity index (χ0n) is 14.7. The van der Waals surface area contributed by atoms with E-state index in [1.807, 2.05) is 39.8 Å². The number of nitrogens with zero attached hydrogens (tertiary/aromatic N) is 2. The van der Waals surface area contributed by atoms with Crippen molar-refractivity contribution in [3.05, 3.63) is 54.0 Å². The van der Waals surface area contributed by atoms with Crippen LogP contribution in [0.3, 0.4) is 0 Å². The summed E-state index contributed by atoms with van der Waals surface area (Å²) in [5.41, 5.74) is 1.40. The third-order valence-corrected chi connectivity index (χ3v) is 5.35. The van der Waals surface area contributed by atoms with Crippen molar-refractivity contribution in [1.82, 2.24) is 9.71 Å². The lowest BCUT2D eigenvalue weighted by atomic mass is 10.1. The maximum atomic E-state index is 13.9. The van der Waals surface area contributed by atoms with Crippen molar-refractivity contribution in [2.45, 2.75) is 38.5 Å². The van der Waals surface area contributed by atoms with Gasteiger partial charge in [-0.3, -0.25) is 0 Å². The highest BCUT2D eigenvalue weighted by molar-refractivity contribution is 7.90. The smallest absolute Gasteiger partial charge is 0.146 e. The van der Waals surface area contributed by atoms with Crippen LogP contribution >= 0.6 is 0 Å². The lowest BCUT2D eigenvalue weighted by molar-refractivity contribution is 0.531. The number of aromatic nitrogens is 1. The highest BCUT2D eigenvalue weighted by Crippen LogP contribution is 2.25. The number of pyridine rings is 1. The number of nitrogens with one attached hydrogen (secondary N) is 1. The summed E-state index contributed by atoms with van der Waals surface area (Å²) in [6.07, 6.45) is 1.73. The standard InChI is InChI=1S/C18H24FN3OS/c1-13(21-24(23)18(2,3)4)14-10-11-17(20-12-14)22(5)16-9-7-6-8-15(16)19/h6-13,21H,1-5H3/t13-,24?/m0/s1. The molecule has 1 aromatic heterocycles. The van der Waals surface area contributed by atoms with E-state index in [1.54, 1.807) is 36.3 Å². The van der Waals surface area contributed by atoms with Crippen LogP contribution in [0.15, 0.2) is 42.6 Å². The van der Waals surface area contributed by atoms with Crippen molar-refractivity contribution < 1.29 is 8.94 Å². The molecule has 0 amide bonds. The van der Waals surface area contributed by atoms with Crippen LogP contribution < -0.4 is 9.62 Å². The summed E-state index contributed by atoms with van der Waals surface area (Å²) in [4.78, 5) is 6.11. The highest BCUT2D eigenvalue weighted by atomic mass is 32.2. The minimum atomic E-state index is -1.15. The molecule has 0 aliphatic rings. The Morgan fingerprint density at radius 1 is 1.21 bits per heavy atom. The van der Waals surface area contributed by atoms with Gasteiger partial charge in [-0.15, -0.1) is 4.72 Å². The van der Waals surface area contributed by atoms with E-state index in [0.717, 1.165) is 5.56 Å². The molecule has 2 atom stereocenters. The number of rotatable bonds is 5. The molecule has 1 aromatic carbocycles. The highest BCUT2D eigenvalue weighted by Gasteiger charge is 2.28. The van der Waals surface area contributed by atoms with Crippen LogP contribution in [0.25, 0.3) is 0 Å². The number of halogens is 1. The predicted octanol–water partition coefficient (Wildman–Crippen LogP) is 4.10. The molecule has 0 radical (unpaired) electrons. The molecule has 0 bridgehead atoms. The Labute approximate surface area is 146 Å². The van der Waals surface area contributed by atoms with Crippen molar-refractivity contribution in [2.24, 2.45) is 0 Å². The molecule has 130 valence electrons. The number of para-hydroxylation sites is 1. The fraction of sp³-hybridized carbons (Fsp3) is 0.389. The Bertz CT molecular complexity index is 673. The minimum absolute atomic E-state index is 0.0922. The van der Waals surface area contributed by atoms with E-state index in [9.17, 15) is 8.94 Å². The van der Waals surface area contributed by atoms with Crippen molar-refractivity contribution >= 4 is 22.9 Å². The Balaban J connectivity index is 2.12. The molecule has 1 unspecified atom stereocenters. The van der Waals surface area contributed by atoms with Gasteiger partial charge in [0.15, 0.2) is 0 Å². The maximum absolute atomic E-state index is 13.9. The van der Waals surface area contributed by atoms with Gasteiger partial charge in [0, 0.05) is 24.6 Å². The summed E-state index contributed by atoms with van der Waals surface area (Å²) in [5.74, 6) is 0.356. The van der Waals surface area contributed by atoms with E-state index in [0.29, 0.717) is 11.5 Å². The Morgan fingerprint density at radius 2 is 1.88 bits per heavy atom. The summed E-state index contributed by atoms with van der Waals surface area (Å²) < 4.78 is 28.8. The molecule has 1 heterocycles. The molecule has 0 fully saturated rings. The third-order valence-electron chi connectivity index (χ3n) is 3.67. The van der Waals surface area contributed by atoms with E-state index >= 15 is 0 Å². The molecule has 24 heavy (non-hydrogen) atoms. The van der Waals surface area contributed by atoms with Gasteiger partial charge >= 0.3 is 0 Å². The summed E-state index contributed by atoms with van der Waals surface area (Å²) in [5, 5.41) is 0. The first kappa shape index (κ1) is 18.7. The zero-order valence-corrected chi connectivity index (χ0v) is 15.5. The van der Waals surface area contributed by atoms with Gasteiger partial charge < -0.3 is 9.45 Å². The van der Waals surface area contributed by atoms with Crippen LogP contribution in [0.2, 0.25) is 0 Å². The molecule has 0 aliphatic heterocycles. The maximum Gasteiger partial charge on any atom is 0.146 e. The first-order valence-electron chi connectivity index (χ1n) is 7.82. The second kappa shape index (κ2) is 7.51. The largest absolute Gasteiger partial charge is 0.598 e. The van der Waals surface area contributed by atoms with Crippen molar-refractivity contribution in [2.75, 3.05) is 11.9 Å². The topological polar surface area (TPSA) is 51.2 Å². The van der Waals surface area contributed by atoms with Gasteiger partial charge in [-0.2, -0.15) is 0 Å². The van der Waals surface area contributed by atoms with Crippen molar-refractivity contribution in [3.8, 4) is 0 Å². The van der Waals surface area contributed by atoms with Crippen LogP contribution in [0.4, 0.5) is 15.9 Å². The predicted molar refractivity (Wildman–Crippen MR) is 98.1 cm³/mol. The summed E-state index contributed by atoms with van der Waals surface area (Å²) in [6.45, 7) is 7.72. The molecule has 0 saturated heterocycles. The monoisotopic (exact) mass is 349 g/mol. The first-order chi connectivity index (χ1) is 11.2. The van der Waals surface area contributed by atoms with E-state index in [-0.39, 0.29) is 16.6 Å². The fourth-order valence-electron chi connectivity index (χ4n) is 2.10. The molecule has 0 spiro atoms. The molecule has 2 aromatic rings. The molecule has 0 saturated carbocycles. The van der Waals surface area contributed by atoms with E-state index < -0.39 is 11.4 Å². The number of anilines is 2. The molecule has 4 nitrogen and oxygen atoms in total. The van der Waals surface area contributed by atoms with E-state index in [4.69, 9.17) is 0 Å². The number of hydrogen-bond acceptors (Lipinski definition) is 4. The minimum Gasteiger partial charge on any atom is -0.598 e. The van der Waals surface area contributed by atoms with Crippen LogP contribution in [0.1, 0.15) is 39.3 Å². The SMILES string of the molecule is C[C@H](N[S+]([O-])C(C)(C)C)c1ccc(N(C)c2ccccc2F)nc1. The molecule has 6 heteroatoms. The second-order valence-corrected chi connectivity index (χ2v) is 8.68. The van der Waals surface area contributed by atoms with Crippen LogP contribution in [0.5, 0.6) is 0 Å². The lowest BCUT2D eigenvalue weighted by Gasteiger charge is -2.26. The molecule has 1 N–H and O–H groups in total. The van der Waals surface area contributed by atoms with Crippen LogP contribution in [0, 0.1) is 5.82 Å². The summed E-state index contributed by atoms with van der Waals surface area (Å²) in [6, 6.07) is 10.2. The molecular weight excluding hydrogens is 325 g/mol. The number of hydrogen-bond donors (Lipinski definition) is 1. The average Bonchev–Trinajstić information content (AvgIpc) is 2.54. The molecule has 2 rings (SSSR count). The van der Waals surface area contributed by atoms with Gasteiger partial charge in [-0.25, -0.2) is 9.37 Å². The Hall–Kier alpha value is -1.63. The van der Waals surface area contributed by atoms with Gasteiger partial charge in [0.2, 0.25) is 0 Å². The van der Waals surface area contributed by atoms with Gasteiger partial charge in [0.25, 0.3) is 0 Å². The summed E-state index contributed by atoms with van der Waals surface area (Å²) in [7, 11) is 1.77. The average molecular weight is 349 g/mol. The Kier molecular flexibility index (Phi) is 5.85. The molecule has 0 aliphatic carbocycles. The van der Waals surface area contributed by atoms with E-state index in [1.165, 1.54) is 6.07 Å². The van der Waals surface area contributed by atoms with E-state index in [2.05, 4.69) is 9.71 Å². The summed E-state index contributed by atoms with van der Waals surface area (Å²) >= 11 is -1.15. The quantitative estimate of drug-likeness (QED) is 0.826. The van der Waals surface area contributed by atoms with Crippen LogP contribution in [-0.4, -0.2) is 21.3 Å². The second-order valence-electron chi connectivity index (χ2n) is 6.68. The first-order valence-corrected chi connectivity index (χ1v) is 8.97.